The lowest BCUT2D eigenvalue weighted by molar-refractivity contribution is -0.118. The molecule has 0 aromatic rings. The second kappa shape index (κ2) is 7.14. The van der Waals surface area contributed by atoms with Gasteiger partial charge in [0, 0.05) is 13.7 Å². The number of aliphatic hydroxyl groups excluding tert-OH is 4. The van der Waals surface area contributed by atoms with Crippen LogP contribution >= 0.6 is 0 Å². The molecular formula is C9H20O5. The molecule has 4 atom stereocenters. The van der Waals surface area contributed by atoms with Crippen LogP contribution < -0.4 is 0 Å². The molecule has 0 aromatic carbocycles. The fourth-order valence-corrected chi connectivity index (χ4v) is 1.30. The second-order valence-corrected chi connectivity index (χ2v) is 3.24. The summed E-state index contributed by atoms with van der Waals surface area (Å²) < 4.78 is 4.93. The number of rotatable bonds is 7. The van der Waals surface area contributed by atoms with Crippen molar-refractivity contribution in [3.63, 3.8) is 0 Å². The van der Waals surface area contributed by atoms with Crippen molar-refractivity contribution in [1.29, 1.82) is 0 Å². The van der Waals surface area contributed by atoms with Crippen LogP contribution in [0, 0.1) is 0 Å². The van der Waals surface area contributed by atoms with Gasteiger partial charge in [0.25, 0.3) is 0 Å². The Labute approximate surface area is 83.9 Å². The van der Waals surface area contributed by atoms with Gasteiger partial charge in [0.05, 0.1) is 12.2 Å². The summed E-state index contributed by atoms with van der Waals surface area (Å²) in [7, 11) is 1.43. The number of aliphatic hydroxyl groups is 4. The van der Waals surface area contributed by atoms with Crippen LogP contribution in [0.1, 0.15) is 19.8 Å². The Morgan fingerprint density at radius 2 is 1.71 bits per heavy atom. The third-order valence-electron chi connectivity index (χ3n) is 2.26. The van der Waals surface area contributed by atoms with Crippen molar-refractivity contribution in [2.24, 2.45) is 0 Å². The lowest BCUT2D eigenvalue weighted by Gasteiger charge is -2.27. The minimum Gasteiger partial charge on any atom is -0.396 e. The van der Waals surface area contributed by atoms with E-state index in [1.54, 1.807) is 0 Å². The molecule has 14 heavy (non-hydrogen) atoms. The van der Waals surface area contributed by atoms with Gasteiger partial charge in [0.2, 0.25) is 0 Å². The van der Waals surface area contributed by atoms with E-state index in [4.69, 9.17) is 9.84 Å². The Morgan fingerprint density at radius 1 is 1.14 bits per heavy atom. The van der Waals surface area contributed by atoms with Gasteiger partial charge in [0.15, 0.2) is 0 Å². The molecule has 0 aliphatic rings. The van der Waals surface area contributed by atoms with E-state index in [0.29, 0.717) is 6.42 Å². The zero-order chi connectivity index (χ0) is 11.1. The summed E-state index contributed by atoms with van der Waals surface area (Å²) in [5.74, 6) is 0. The summed E-state index contributed by atoms with van der Waals surface area (Å²) in [6.45, 7) is 1.58. The number of hydrogen-bond donors (Lipinski definition) is 4. The molecule has 86 valence electrons. The molecule has 0 fully saturated rings. The van der Waals surface area contributed by atoms with Gasteiger partial charge < -0.3 is 25.2 Å². The highest BCUT2D eigenvalue weighted by Gasteiger charge is 2.29. The molecule has 0 amide bonds. The maximum Gasteiger partial charge on any atom is 0.108 e. The van der Waals surface area contributed by atoms with Crippen molar-refractivity contribution < 1.29 is 25.2 Å². The van der Waals surface area contributed by atoms with Crippen LogP contribution in [-0.2, 0) is 4.74 Å². The van der Waals surface area contributed by atoms with E-state index in [1.807, 2.05) is 6.92 Å². The summed E-state index contributed by atoms with van der Waals surface area (Å²) in [4.78, 5) is 0. The number of hydrogen-bond acceptors (Lipinski definition) is 5. The van der Waals surface area contributed by atoms with Gasteiger partial charge >= 0.3 is 0 Å². The van der Waals surface area contributed by atoms with Crippen LogP contribution in [-0.4, -0.2) is 58.6 Å². The fraction of sp³-hybridized carbons (Fsp3) is 1.00. The summed E-state index contributed by atoms with van der Waals surface area (Å²) in [5.41, 5.74) is 0. The summed E-state index contributed by atoms with van der Waals surface area (Å²) in [6, 6.07) is 0. The second-order valence-electron chi connectivity index (χ2n) is 3.24. The SMILES string of the molecule is CCC(OC)C(O)C(O)C(O)CCO. The zero-order valence-electron chi connectivity index (χ0n) is 8.63. The van der Waals surface area contributed by atoms with Gasteiger partial charge in [-0.2, -0.15) is 0 Å². The van der Waals surface area contributed by atoms with Crippen molar-refractivity contribution in [1.82, 2.24) is 0 Å². The Balaban J connectivity index is 4.13. The number of ether oxygens (including phenoxy) is 1. The van der Waals surface area contributed by atoms with Crippen molar-refractivity contribution in [3.8, 4) is 0 Å². The first-order chi connectivity index (χ1) is 6.58. The molecule has 0 heterocycles. The van der Waals surface area contributed by atoms with Crippen LogP contribution in [0.5, 0.6) is 0 Å². The van der Waals surface area contributed by atoms with Gasteiger partial charge in [-0.05, 0) is 12.8 Å². The standard InChI is InChI=1S/C9H20O5/c1-3-7(14-2)9(13)8(12)6(11)4-5-10/h6-13H,3-5H2,1-2H3. The van der Waals surface area contributed by atoms with Crippen LogP contribution in [0.15, 0.2) is 0 Å². The molecule has 0 aliphatic carbocycles. The summed E-state index contributed by atoms with van der Waals surface area (Å²) >= 11 is 0. The van der Waals surface area contributed by atoms with Crippen molar-refractivity contribution in [2.75, 3.05) is 13.7 Å². The normalized spacial score (nSPS) is 20.1. The molecule has 0 rings (SSSR count). The van der Waals surface area contributed by atoms with Gasteiger partial charge in [-0.25, -0.2) is 0 Å². The largest absolute Gasteiger partial charge is 0.396 e. The van der Waals surface area contributed by atoms with E-state index in [2.05, 4.69) is 0 Å². The van der Waals surface area contributed by atoms with Crippen molar-refractivity contribution in [3.05, 3.63) is 0 Å². The van der Waals surface area contributed by atoms with Crippen LogP contribution in [0.4, 0.5) is 0 Å². The van der Waals surface area contributed by atoms with E-state index in [1.165, 1.54) is 7.11 Å². The minimum atomic E-state index is -1.29. The third kappa shape index (κ3) is 3.89. The first kappa shape index (κ1) is 13.8. The molecule has 4 N–H and O–H groups in total. The molecule has 0 radical (unpaired) electrons. The third-order valence-corrected chi connectivity index (χ3v) is 2.26. The highest BCUT2D eigenvalue weighted by molar-refractivity contribution is 4.80. The van der Waals surface area contributed by atoms with Gasteiger partial charge in [-0.3, -0.25) is 0 Å². The Hall–Kier alpha value is -0.200. The van der Waals surface area contributed by atoms with Gasteiger partial charge in [-0.1, -0.05) is 6.92 Å². The summed E-state index contributed by atoms with van der Waals surface area (Å²) in [5, 5.41) is 36.9. The average molecular weight is 208 g/mol. The monoisotopic (exact) mass is 208 g/mol. The van der Waals surface area contributed by atoms with Crippen LogP contribution in [0.2, 0.25) is 0 Å². The predicted octanol–water partition coefficient (Wildman–Crippen LogP) is -1.12. The Kier molecular flexibility index (Phi) is 7.04. The minimum absolute atomic E-state index is 0.0401. The van der Waals surface area contributed by atoms with Crippen LogP contribution in [0.25, 0.3) is 0 Å². The molecule has 0 saturated carbocycles. The summed E-state index contributed by atoms with van der Waals surface area (Å²) in [6.07, 6.45) is -3.46. The fourth-order valence-electron chi connectivity index (χ4n) is 1.30. The molecule has 5 nitrogen and oxygen atoms in total. The highest BCUT2D eigenvalue weighted by Crippen LogP contribution is 2.12. The Morgan fingerprint density at radius 3 is 2.07 bits per heavy atom. The Bertz CT molecular complexity index is 137. The highest BCUT2D eigenvalue weighted by atomic mass is 16.5. The molecular weight excluding hydrogens is 188 g/mol. The van der Waals surface area contributed by atoms with Crippen molar-refractivity contribution >= 4 is 0 Å². The average Bonchev–Trinajstić information content (AvgIpc) is 2.18. The molecule has 0 aliphatic heterocycles. The van der Waals surface area contributed by atoms with E-state index < -0.39 is 24.4 Å². The predicted molar refractivity (Wildman–Crippen MR) is 50.8 cm³/mol. The van der Waals surface area contributed by atoms with Crippen LogP contribution in [0.3, 0.4) is 0 Å². The van der Waals surface area contributed by atoms with E-state index in [0.717, 1.165) is 0 Å². The molecule has 5 heteroatoms. The van der Waals surface area contributed by atoms with E-state index in [-0.39, 0.29) is 13.0 Å². The van der Waals surface area contributed by atoms with Gasteiger partial charge in [-0.15, -0.1) is 0 Å². The van der Waals surface area contributed by atoms with Crippen molar-refractivity contribution in [2.45, 2.75) is 44.2 Å². The number of methoxy groups -OCH3 is 1. The smallest absolute Gasteiger partial charge is 0.108 e. The quantitative estimate of drug-likeness (QED) is 0.425. The molecule has 0 bridgehead atoms. The maximum absolute atomic E-state index is 9.56. The first-order valence-electron chi connectivity index (χ1n) is 4.76. The molecule has 0 spiro atoms. The van der Waals surface area contributed by atoms with Gasteiger partial charge in [0.1, 0.15) is 12.2 Å². The lowest BCUT2D eigenvalue weighted by Crippen LogP contribution is -2.45. The maximum atomic E-state index is 9.56. The molecule has 0 aromatic heterocycles. The topological polar surface area (TPSA) is 90.2 Å². The first-order valence-corrected chi connectivity index (χ1v) is 4.76. The lowest BCUT2D eigenvalue weighted by atomic mass is 10.00. The molecule has 0 saturated heterocycles. The zero-order valence-corrected chi connectivity index (χ0v) is 8.63. The van der Waals surface area contributed by atoms with E-state index >= 15 is 0 Å². The van der Waals surface area contributed by atoms with E-state index in [9.17, 15) is 15.3 Å². The molecule has 4 unspecified atom stereocenters.